The first-order valence-electron chi connectivity index (χ1n) is 7.29. The molecular weight excluding hydrogens is 262 g/mol. The van der Waals surface area contributed by atoms with Gasteiger partial charge in [0.2, 0.25) is 5.91 Å². The maximum Gasteiger partial charge on any atom is 0.221 e. The van der Waals surface area contributed by atoms with Gasteiger partial charge in [0.25, 0.3) is 0 Å². The van der Waals surface area contributed by atoms with Crippen molar-refractivity contribution in [2.45, 2.75) is 39.2 Å². The van der Waals surface area contributed by atoms with Gasteiger partial charge in [0, 0.05) is 31.1 Å². The summed E-state index contributed by atoms with van der Waals surface area (Å²) >= 11 is 0. The molecule has 0 aliphatic carbocycles. The SMILES string of the molecule is Cc1cnn(CCC(=O)NCC(C)(C)c2ccccc2)c1. The van der Waals surface area contributed by atoms with Crippen molar-refractivity contribution in [2.75, 3.05) is 6.54 Å². The summed E-state index contributed by atoms with van der Waals surface area (Å²) in [6.07, 6.45) is 4.20. The third-order valence-corrected chi connectivity index (χ3v) is 3.61. The lowest BCUT2D eigenvalue weighted by molar-refractivity contribution is -0.121. The maximum absolute atomic E-state index is 11.9. The van der Waals surface area contributed by atoms with Gasteiger partial charge >= 0.3 is 0 Å². The molecule has 4 nitrogen and oxygen atoms in total. The van der Waals surface area contributed by atoms with Crippen molar-refractivity contribution in [3.63, 3.8) is 0 Å². The molecule has 0 spiro atoms. The minimum absolute atomic E-state index is 0.0622. The first kappa shape index (κ1) is 15.3. The van der Waals surface area contributed by atoms with Gasteiger partial charge in [0.1, 0.15) is 0 Å². The average Bonchev–Trinajstić information content (AvgIpc) is 2.90. The highest BCUT2D eigenvalue weighted by Gasteiger charge is 2.20. The van der Waals surface area contributed by atoms with E-state index < -0.39 is 0 Å². The van der Waals surface area contributed by atoms with E-state index in [9.17, 15) is 4.79 Å². The minimum atomic E-state index is -0.0702. The van der Waals surface area contributed by atoms with Gasteiger partial charge in [0.05, 0.1) is 6.20 Å². The molecule has 1 amide bonds. The van der Waals surface area contributed by atoms with Crippen LogP contribution in [-0.4, -0.2) is 22.2 Å². The van der Waals surface area contributed by atoms with E-state index in [4.69, 9.17) is 0 Å². The van der Waals surface area contributed by atoms with Gasteiger partial charge in [-0.25, -0.2) is 0 Å². The lowest BCUT2D eigenvalue weighted by Gasteiger charge is -2.25. The summed E-state index contributed by atoms with van der Waals surface area (Å²) in [5, 5.41) is 7.20. The fourth-order valence-corrected chi connectivity index (χ4v) is 2.20. The monoisotopic (exact) mass is 285 g/mol. The molecule has 21 heavy (non-hydrogen) atoms. The fraction of sp³-hybridized carbons (Fsp3) is 0.412. The van der Waals surface area contributed by atoms with E-state index in [1.807, 2.05) is 31.3 Å². The second-order valence-corrected chi connectivity index (χ2v) is 6.06. The third kappa shape index (κ3) is 4.45. The van der Waals surface area contributed by atoms with E-state index >= 15 is 0 Å². The van der Waals surface area contributed by atoms with Crippen molar-refractivity contribution in [3.05, 3.63) is 53.9 Å². The van der Waals surface area contributed by atoms with Crippen molar-refractivity contribution in [1.82, 2.24) is 15.1 Å². The predicted octanol–water partition coefficient (Wildman–Crippen LogP) is 2.68. The quantitative estimate of drug-likeness (QED) is 0.887. The molecule has 0 bridgehead atoms. The molecule has 0 unspecified atom stereocenters. The van der Waals surface area contributed by atoms with Crippen molar-refractivity contribution in [2.24, 2.45) is 0 Å². The number of carbonyl (C=O) groups is 1. The van der Waals surface area contributed by atoms with Crippen LogP contribution in [0.15, 0.2) is 42.7 Å². The third-order valence-electron chi connectivity index (χ3n) is 3.61. The van der Waals surface area contributed by atoms with Crippen molar-refractivity contribution < 1.29 is 4.79 Å². The molecule has 0 atom stereocenters. The summed E-state index contributed by atoms with van der Waals surface area (Å²) in [5.41, 5.74) is 2.27. The zero-order valence-electron chi connectivity index (χ0n) is 13.0. The molecule has 1 aromatic heterocycles. The predicted molar refractivity (Wildman–Crippen MR) is 84.1 cm³/mol. The van der Waals surface area contributed by atoms with Gasteiger partial charge in [-0.2, -0.15) is 5.10 Å². The van der Waals surface area contributed by atoms with E-state index in [1.54, 1.807) is 10.9 Å². The molecule has 0 saturated carbocycles. The highest BCUT2D eigenvalue weighted by Crippen LogP contribution is 2.21. The van der Waals surface area contributed by atoms with Crippen LogP contribution in [0.5, 0.6) is 0 Å². The minimum Gasteiger partial charge on any atom is -0.355 e. The summed E-state index contributed by atoms with van der Waals surface area (Å²) in [6, 6.07) is 10.2. The summed E-state index contributed by atoms with van der Waals surface area (Å²) in [6.45, 7) is 7.52. The average molecular weight is 285 g/mol. The zero-order chi connectivity index (χ0) is 15.3. The van der Waals surface area contributed by atoms with Crippen molar-refractivity contribution in [1.29, 1.82) is 0 Å². The molecule has 1 N–H and O–H groups in total. The van der Waals surface area contributed by atoms with Crippen LogP contribution in [0.4, 0.5) is 0 Å². The summed E-state index contributed by atoms with van der Waals surface area (Å²) in [4.78, 5) is 11.9. The van der Waals surface area contributed by atoms with E-state index in [0.717, 1.165) is 5.56 Å². The standard InChI is InChI=1S/C17H23N3O/c1-14-11-19-20(12-14)10-9-16(21)18-13-17(2,3)15-7-5-4-6-8-15/h4-8,11-12H,9-10,13H2,1-3H3,(H,18,21). The first-order chi connectivity index (χ1) is 9.97. The number of nitrogens with zero attached hydrogens (tertiary/aromatic N) is 2. The Bertz CT molecular complexity index is 587. The van der Waals surface area contributed by atoms with Crippen LogP contribution < -0.4 is 5.32 Å². The topological polar surface area (TPSA) is 46.9 Å². The van der Waals surface area contributed by atoms with E-state index in [-0.39, 0.29) is 11.3 Å². The van der Waals surface area contributed by atoms with E-state index in [1.165, 1.54) is 5.56 Å². The highest BCUT2D eigenvalue weighted by molar-refractivity contribution is 5.75. The van der Waals surface area contributed by atoms with Gasteiger partial charge in [0.15, 0.2) is 0 Å². The molecule has 0 radical (unpaired) electrons. The van der Waals surface area contributed by atoms with Gasteiger partial charge in [-0.3, -0.25) is 9.48 Å². The lowest BCUT2D eigenvalue weighted by atomic mass is 9.84. The number of benzene rings is 1. The molecule has 0 aliphatic rings. The number of amides is 1. The lowest BCUT2D eigenvalue weighted by Crippen LogP contribution is -2.37. The fourth-order valence-electron chi connectivity index (χ4n) is 2.20. The Balaban J connectivity index is 1.80. The number of hydrogen-bond donors (Lipinski definition) is 1. The highest BCUT2D eigenvalue weighted by atomic mass is 16.1. The number of carbonyl (C=O) groups excluding carboxylic acids is 1. The molecular formula is C17H23N3O. The number of aromatic nitrogens is 2. The molecule has 1 heterocycles. The smallest absolute Gasteiger partial charge is 0.221 e. The molecule has 1 aromatic carbocycles. The van der Waals surface area contributed by atoms with E-state index in [0.29, 0.717) is 19.5 Å². The van der Waals surface area contributed by atoms with Crippen molar-refractivity contribution in [3.8, 4) is 0 Å². The number of aryl methyl sites for hydroxylation is 2. The molecule has 0 fully saturated rings. The maximum atomic E-state index is 11.9. The van der Waals surface area contributed by atoms with E-state index in [2.05, 4.69) is 36.4 Å². The number of rotatable bonds is 6. The summed E-state index contributed by atoms with van der Waals surface area (Å²) in [7, 11) is 0. The Hall–Kier alpha value is -2.10. The van der Waals surface area contributed by atoms with Crippen LogP contribution in [0.25, 0.3) is 0 Å². The molecule has 0 aliphatic heterocycles. The van der Waals surface area contributed by atoms with Crippen molar-refractivity contribution >= 4 is 5.91 Å². The molecule has 112 valence electrons. The second kappa shape index (κ2) is 6.57. The van der Waals surface area contributed by atoms with Crippen LogP contribution in [0.1, 0.15) is 31.4 Å². The van der Waals surface area contributed by atoms with Crippen LogP contribution >= 0.6 is 0 Å². The van der Waals surface area contributed by atoms with Crippen LogP contribution in [0.3, 0.4) is 0 Å². The second-order valence-electron chi connectivity index (χ2n) is 6.06. The Morgan fingerprint density at radius 2 is 2.00 bits per heavy atom. The largest absolute Gasteiger partial charge is 0.355 e. The Morgan fingerprint density at radius 1 is 1.29 bits per heavy atom. The molecule has 2 aromatic rings. The molecule has 0 saturated heterocycles. The first-order valence-corrected chi connectivity index (χ1v) is 7.29. The molecule has 4 heteroatoms. The number of nitrogens with one attached hydrogen (secondary N) is 1. The van der Waals surface area contributed by atoms with Crippen LogP contribution in [-0.2, 0) is 16.8 Å². The van der Waals surface area contributed by atoms with Crippen LogP contribution in [0.2, 0.25) is 0 Å². The normalized spacial score (nSPS) is 11.4. The van der Waals surface area contributed by atoms with Gasteiger partial charge in [-0.1, -0.05) is 44.2 Å². The molecule has 2 rings (SSSR count). The van der Waals surface area contributed by atoms with Gasteiger partial charge < -0.3 is 5.32 Å². The zero-order valence-corrected chi connectivity index (χ0v) is 13.0. The van der Waals surface area contributed by atoms with Gasteiger partial charge in [-0.15, -0.1) is 0 Å². The Labute approximate surface area is 126 Å². The van der Waals surface area contributed by atoms with Gasteiger partial charge in [-0.05, 0) is 18.1 Å². The Kier molecular flexibility index (Phi) is 4.78. The number of hydrogen-bond acceptors (Lipinski definition) is 2. The van der Waals surface area contributed by atoms with Crippen LogP contribution in [0, 0.1) is 6.92 Å². The summed E-state index contributed by atoms with van der Waals surface area (Å²) < 4.78 is 1.80. The summed E-state index contributed by atoms with van der Waals surface area (Å²) in [5.74, 6) is 0.0622. The Morgan fingerprint density at radius 3 is 2.62 bits per heavy atom.